The molecule has 0 saturated heterocycles. The van der Waals surface area contributed by atoms with Crippen LogP contribution in [0.25, 0.3) is 11.0 Å². The fraction of sp³-hybridized carbons (Fsp3) is 0.440. The number of carbonyl (C=O) groups excluding carboxylic acids is 1. The molecule has 0 N–H and O–H groups in total. The molecule has 1 aromatic carbocycles. The summed E-state index contributed by atoms with van der Waals surface area (Å²) in [5.41, 5.74) is 3.40. The molecule has 1 saturated carbocycles. The highest BCUT2D eigenvalue weighted by Crippen LogP contribution is 2.34. The second-order valence-corrected chi connectivity index (χ2v) is 10.8. The van der Waals surface area contributed by atoms with Crippen LogP contribution in [0.4, 0.5) is 8.78 Å². The minimum atomic E-state index is -0.586. The van der Waals surface area contributed by atoms with Crippen LogP contribution < -0.4 is 0 Å². The molecule has 1 aliphatic carbocycles. The van der Waals surface area contributed by atoms with Crippen LogP contribution in [0.5, 0.6) is 0 Å². The summed E-state index contributed by atoms with van der Waals surface area (Å²) in [7, 11) is 0. The van der Waals surface area contributed by atoms with Gasteiger partial charge in [-0.1, -0.05) is 28.7 Å². The lowest BCUT2D eigenvalue weighted by Crippen LogP contribution is -2.38. The van der Waals surface area contributed by atoms with Gasteiger partial charge in [-0.2, -0.15) is 0 Å². The van der Waals surface area contributed by atoms with Gasteiger partial charge < -0.3 is 9.47 Å². The van der Waals surface area contributed by atoms with Crippen molar-refractivity contribution in [1.29, 1.82) is 0 Å². The topological polar surface area (TPSA) is 38.1 Å². The molecule has 0 bridgehead atoms. The first kappa shape index (κ1) is 21.8. The normalized spacial score (nSPS) is 21.0. The van der Waals surface area contributed by atoms with Crippen molar-refractivity contribution in [3.63, 3.8) is 0 Å². The minimum Gasteiger partial charge on any atom is -0.337 e. The Balaban J connectivity index is 1.42. The fourth-order valence-corrected chi connectivity index (χ4v) is 5.88. The number of hydrogen-bond acceptors (Lipinski definition) is 2. The monoisotopic (exact) mass is 549 g/mol. The standard InChI is InChI=1S/C25H26F2IN3O/c26-18-6-5-17(22(27)13-18)14-31-23-15-30(24(32)12-16-3-7-19(28)8-4-16)11-9-20(23)21-2-1-10-29-25(21)31/h1-2,5-6,10,13,16,19H,3-4,7-9,11-12,14-15H2. The van der Waals surface area contributed by atoms with E-state index in [0.29, 0.717) is 31.0 Å². The van der Waals surface area contributed by atoms with Crippen molar-refractivity contribution < 1.29 is 13.6 Å². The Morgan fingerprint density at radius 2 is 1.97 bits per heavy atom. The number of aromatic nitrogens is 2. The lowest BCUT2D eigenvalue weighted by atomic mass is 9.86. The zero-order chi connectivity index (χ0) is 22.2. The highest BCUT2D eigenvalue weighted by molar-refractivity contribution is 14.1. The molecule has 0 radical (unpaired) electrons. The lowest BCUT2D eigenvalue weighted by molar-refractivity contribution is -0.133. The molecule has 1 fully saturated rings. The van der Waals surface area contributed by atoms with Gasteiger partial charge in [0, 0.05) is 45.8 Å². The van der Waals surface area contributed by atoms with E-state index in [2.05, 4.69) is 27.6 Å². The average Bonchev–Trinajstić information content (AvgIpc) is 3.10. The van der Waals surface area contributed by atoms with Gasteiger partial charge in [0.2, 0.25) is 5.91 Å². The Hall–Kier alpha value is -2.03. The number of rotatable bonds is 4. The highest BCUT2D eigenvalue weighted by atomic mass is 127. The maximum Gasteiger partial charge on any atom is 0.223 e. The van der Waals surface area contributed by atoms with E-state index in [0.717, 1.165) is 46.0 Å². The third kappa shape index (κ3) is 4.28. The molecule has 32 heavy (non-hydrogen) atoms. The third-order valence-electron chi connectivity index (χ3n) is 6.95. The predicted molar refractivity (Wildman–Crippen MR) is 129 cm³/mol. The van der Waals surface area contributed by atoms with Gasteiger partial charge in [0.05, 0.1) is 13.1 Å². The molecular formula is C25H26F2IN3O. The molecule has 2 aliphatic rings. The van der Waals surface area contributed by atoms with E-state index in [1.807, 2.05) is 21.6 Å². The van der Waals surface area contributed by atoms with Crippen molar-refractivity contribution in [1.82, 2.24) is 14.5 Å². The SMILES string of the molecule is O=C(CC1CCC(I)CC1)N1CCc2c(n(Cc3ccc(F)cc3F)c3ncccc23)C1. The van der Waals surface area contributed by atoms with Crippen molar-refractivity contribution in [3.05, 3.63) is 65.0 Å². The van der Waals surface area contributed by atoms with Crippen molar-refractivity contribution in [2.24, 2.45) is 5.92 Å². The summed E-state index contributed by atoms with van der Waals surface area (Å²) in [4.78, 5) is 19.6. The first-order valence-corrected chi connectivity index (χ1v) is 12.5. The summed E-state index contributed by atoms with van der Waals surface area (Å²) in [6.07, 6.45) is 7.78. The van der Waals surface area contributed by atoms with Crippen LogP contribution in [-0.4, -0.2) is 30.8 Å². The van der Waals surface area contributed by atoms with Crippen LogP contribution in [0, 0.1) is 17.6 Å². The highest BCUT2D eigenvalue weighted by Gasteiger charge is 2.29. The second-order valence-electron chi connectivity index (χ2n) is 9.01. The maximum absolute atomic E-state index is 14.4. The quantitative estimate of drug-likeness (QED) is 0.313. The Labute approximate surface area is 200 Å². The molecule has 0 unspecified atom stereocenters. The fourth-order valence-electron chi connectivity index (χ4n) is 5.17. The first-order valence-electron chi connectivity index (χ1n) is 11.3. The van der Waals surface area contributed by atoms with Crippen LogP contribution in [0.1, 0.15) is 48.9 Å². The van der Waals surface area contributed by atoms with Gasteiger partial charge >= 0.3 is 0 Å². The van der Waals surface area contributed by atoms with Gasteiger partial charge in [0.15, 0.2) is 0 Å². The molecule has 1 amide bonds. The maximum atomic E-state index is 14.4. The van der Waals surface area contributed by atoms with Crippen LogP contribution in [0.15, 0.2) is 36.5 Å². The molecule has 5 rings (SSSR count). The van der Waals surface area contributed by atoms with Gasteiger partial charge in [-0.05, 0) is 61.8 Å². The van der Waals surface area contributed by atoms with E-state index < -0.39 is 11.6 Å². The van der Waals surface area contributed by atoms with E-state index in [1.165, 1.54) is 30.5 Å². The molecule has 0 spiro atoms. The number of nitrogens with zero attached hydrogens (tertiary/aromatic N) is 3. The first-order chi connectivity index (χ1) is 15.5. The molecule has 7 heteroatoms. The number of halogens is 3. The van der Waals surface area contributed by atoms with Crippen molar-refractivity contribution >= 4 is 39.5 Å². The van der Waals surface area contributed by atoms with Crippen LogP contribution >= 0.6 is 22.6 Å². The van der Waals surface area contributed by atoms with Gasteiger partial charge in [-0.3, -0.25) is 4.79 Å². The third-order valence-corrected chi connectivity index (χ3v) is 8.20. The summed E-state index contributed by atoms with van der Waals surface area (Å²) < 4.78 is 30.6. The molecule has 3 heterocycles. The number of fused-ring (bicyclic) bond motifs is 3. The molecule has 2 aromatic heterocycles. The number of amides is 1. The number of pyridine rings is 1. The van der Waals surface area contributed by atoms with Gasteiger partial charge in [0.1, 0.15) is 17.3 Å². The van der Waals surface area contributed by atoms with Gasteiger partial charge in [0.25, 0.3) is 0 Å². The summed E-state index contributed by atoms with van der Waals surface area (Å²) >= 11 is 2.52. The van der Waals surface area contributed by atoms with E-state index in [-0.39, 0.29) is 12.5 Å². The number of carbonyl (C=O) groups is 1. The van der Waals surface area contributed by atoms with E-state index in [9.17, 15) is 13.6 Å². The molecule has 0 atom stereocenters. The molecule has 4 nitrogen and oxygen atoms in total. The number of hydrogen-bond donors (Lipinski definition) is 0. The van der Waals surface area contributed by atoms with Gasteiger partial charge in [-0.25, -0.2) is 13.8 Å². The summed E-state index contributed by atoms with van der Waals surface area (Å²) in [6.45, 7) is 1.47. The Morgan fingerprint density at radius 1 is 1.16 bits per heavy atom. The van der Waals surface area contributed by atoms with Crippen LogP contribution in [-0.2, 0) is 24.3 Å². The average molecular weight is 549 g/mol. The predicted octanol–water partition coefficient (Wildman–Crippen LogP) is 5.63. The van der Waals surface area contributed by atoms with E-state index in [4.69, 9.17) is 0 Å². The van der Waals surface area contributed by atoms with Crippen LogP contribution in [0.3, 0.4) is 0 Å². The molecule has 3 aromatic rings. The Morgan fingerprint density at radius 3 is 2.75 bits per heavy atom. The van der Waals surface area contributed by atoms with Crippen molar-refractivity contribution in [2.75, 3.05) is 6.54 Å². The van der Waals surface area contributed by atoms with Crippen molar-refractivity contribution in [2.45, 2.75) is 55.5 Å². The zero-order valence-electron chi connectivity index (χ0n) is 17.9. The molecular weight excluding hydrogens is 523 g/mol. The van der Waals surface area contributed by atoms with E-state index >= 15 is 0 Å². The van der Waals surface area contributed by atoms with Gasteiger partial charge in [-0.15, -0.1) is 0 Å². The largest absolute Gasteiger partial charge is 0.337 e. The lowest BCUT2D eigenvalue weighted by Gasteiger charge is -2.31. The summed E-state index contributed by atoms with van der Waals surface area (Å²) in [5, 5.41) is 1.05. The second kappa shape index (κ2) is 9.08. The zero-order valence-corrected chi connectivity index (χ0v) is 20.0. The van der Waals surface area contributed by atoms with Crippen LogP contribution in [0.2, 0.25) is 0 Å². The smallest absolute Gasteiger partial charge is 0.223 e. The number of benzene rings is 1. The summed E-state index contributed by atoms with van der Waals surface area (Å²) in [6, 6.07) is 7.64. The summed E-state index contributed by atoms with van der Waals surface area (Å²) in [5.74, 6) is -0.454. The van der Waals surface area contributed by atoms with E-state index in [1.54, 1.807) is 6.20 Å². The number of alkyl halides is 1. The Kier molecular flexibility index (Phi) is 6.18. The molecule has 1 aliphatic heterocycles. The Bertz CT molecular complexity index is 1150. The van der Waals surface area contributed by atoms with Crippen molar-refractivity contribution in [3.8, 4) is 0 Å². The molecule has 168 valence electrons. The minimum absolute atomic E-state index is 0.213.